The highest BCUT2D eigenvalue weighted by Crippen LogP contribution is 2.43. The van der Waals surface area contributed by atoms with E-state index in [0.29, 0.717) is 18.8 Å². The number of carbonyl (C=O) groups excluding carboxylic acids is 1. The molecule has 0 atom stereocenters. The number of nitrogens with two attached hydrogens (primary N) is 1. The lowest BCUT2D eigenvalue weighted by Gasteiger charge is -2.42. The van der Waals surface area contributed by atoms with Gasteiger partial charge >= 0.3 is 0 Å². The molecule has 0 saturated heterocycles. The fourth-order valence-corrected chi connectivity index (χ4v) is 3.48. The monoisotopic (exact) mass is 319 g/mol. The number of hydrogen-bond acceptors (Lipinski definition) is 4. The van der Waals surface area contributed by atoms with E-state index in [1.54, 1.807) is 5.38 Å². The van der Waals surface area contributed by atoms with Crippen LogP contribution in [0.1, 0.15) is 40.3 Å². The van der Waals surface area contributed by atoms with Gasteiger partial charge in [-0.2, -0.15) is 0 Å². The number of rotatable bonds is 5. The Labute approximate surface area is 132 Å². The number of benzene rings is 1. The molecule has 1 heterocycles. The first-order valence-corrected chi connectivity index (χ1v) is 8.20. The molecular formula is C16H18FN3OS. The minimum Gasteiger partial charge on any atom is -0.350 e. The molecule has 0 spiro atoms. The zero-order chi connectivity index (χ0) is 15.6. The summed E-state index contributed by atoms with van der Waals surface area (Å²) >= 11 is 1.39. The number of hydrogen-bond donors (Lipinski definition) is 2. The van der Waals surface area contributed by atoms with Crippen molar-refractivity contribution in [1.29, 1.82) is 0 Å². The molecular weight excluding hydrogens is 301 g/mol. The third-order valence-electron chi connectivity index (χ3n) is 4.31. The lowest BCUT2D eigenvalue weighted by Crippen LogP contribution is -2.45. The van der Waals surface area contributed by atoms with E-state index >= 15 is 0 Å². The molecule has 22 heavy (non-hydrogen) atoms. The van der Waals surface area contributed by atoms with E-state index in [0.717, 1.165) is 29.8 Å². The van der Waals surface area contributed by atoms with Crippen molar-refractivity contribution in [2.45, 2.75) is 31.2 Å². The number of nitrogens with one attached hydrogen (secondary N) is 1. The van der Waals surface area contributed by atoms with Crippen LogP contribution in [0.5, 0.6) is 0 Å². The molecule has 2 aromatic rings. The zero-order valence-electron chi connectivity index (χ0n) is 12.1. The Bertz CT molecular complexity index is 664. The van der Waals surface area contributed by atoms with Gasteiger partial charge in [-0.05, 0) is 30.5 Å². The smallest absolute Gasteiger partial charge is 0.270 e. The van der Waals surface area contributed by atoms with Crippen LogP contribution in [0, 0.1) is 5.82 Å². The Hall–Kier alpha value is -1.79. The van der Waals surface area contributed by atoms with Crippen molar-refractivity contribution in [3.05, 3.63) is 51.7 Å². The SMILES string of the molecule is NCc1nc(C(=O)NCC2(c3ccc(F)cc3)CCC2)cs1. The Morgan fingerprint density at radius 3 is 2.64 bits per heavy atom. The summed E-state index contributed by atoms with van der Waals surface area (Å²) in [5.41, 5.74) is 6.94. The van der Waals surface area contributed by atoms with Crippen LogP contribution >= 0.6 is 11.3 Å². The van der Waals surface area contributed by atoms with E-state index in [4.69, 9.17) is 5.73 Å². The molecule has 3 rings (SSSR count). The van der Waals surface area contributed by atoms with Crippen molar-refractivity contribution in [1.82, 2.24) is 10.3 Å². The van der Waals surface area contributed by atoms with E-state index in [2.05, 4.69) is 10.3 Å². The van der Waals surface area contributed by atoms with Crippen molar-refractivity contribution in [2.24, 2.45) is 5.73 Å². The van der Waals surface area contributed by atoms with Gasteiger partial charge in [0, 0.05) is 23.9 Å². The highest BCUT2D eigenvalue weighted by molar-refractivity contribution is 7.09. The molecule has 6 heteroatoms. The molecule has 1 aliphatic carbocycles. The fraction of sp³-hybridized carbons (Fsp3) is 0.375. The lowest BCUT2D eigenvalue weighted by atomic mass is 9.64. The average Bonchev–Trinajstić information content (AvgIpc) is 2.96. The minimum atomic E-state index is -0.237. The topological polar surface area (TPSA) is 68.0 Å². The van der Waals surface area contributed by atoms with E-state index in [-0.39, 0.29) is 17.1 Å². The first-order chi connectivity index (χ1) is 10.6. The first kappa shape index (κ1) is 15.1. The summed E-state index contributed by atoms with van der Waals surface area (Å²) in [5, 5.41) is 5.44. The van der Waals surface area contributed by atoms with Crippen molar-refractivity contribution in [3.63, 3.8) is 0 Å². The summed E-state index contributed by atoms with van der Waals surface area (Å²) in [5.74, 6) is -0.414. The fourth-order valence-electron chi connectivity index (χ4n) is 2.82. The maximum atomic E-state index is 13.1. The third-order valence-corrected chi connectivity index (χ3v) is 5.18. The van der Waals surface area contributed by atoms with Gasteiger partial charge in [0.15, 0.2) is 0 Å². The summed E-state index contributed by atoms with van der Waals surface area (Å²) < 4.78 is 13.1. The summed E-state index contributed by atoms with van der Waals surface area (Å²) in [6, 6.07) is 6.59. The van der Waals surface area contributed by atoms with Gasteiger partial charge in [-0.15, -0.1) is 11.3 Å². The van der Waals surface area contributed by atoms with E-state index < -0.39 is 0 Å². The Kier molecular flexibility index (Phi) is 4.22. The second kappa shape index (κ2) is 6.14. The molecule has 0 bridgehead atoms. The first-order valence-electron chi connectivity index (χ1n) is 7.32. The number of aromatic nitrogens is 1. The van der Waals surface area contributed by atoms with Gasteiger partial charge in [-0.3, -0.25) is 4.79 Å². The quantitative estimate of drug-likeness (QED) is 0.890. The van der Waals surface area contributed by atoms with Crippen LogP contribution in [0.15, 0.2) is 29.6 Å². The van der Waals surface area contributed by atoms with Crippen molar-refractivity contribution < 1.29 is 9.18 Å². The van der Waals surface area contributed by atoms with Crippen LogP contribution in [0.25, 0.3) is 0 Å². The summed E-state index contributed by atoms with van der Waals surface area (Å²) in [7, 11) is 0. The molecule has 1 fully saturated rings. The average molecular weight is 319 g/mol. The maximum absolute atomic E-state index is 13.1. The summed E-state index contributed by atoms with van der Waals surface area (Å²) in [6.45, 7) is 0.893. The molecule has 1 aromatic carbocycles. The van der Waals surface area contributed by atoms with Crippen molar-refractivity contribution in [3.8, 4) is 0 Å². The highest BCUT2D eigenvalue weighted by Gasteiger charge is 2.39. The standard InChI is InChI=1S/C16H18FN3OS/c17-12-4-2-11(3-5-12)16(6-1-7-16)10-19-15(21)13-9-22-14(8-18)20-13/h2-5,9H,1,6-8,10,18H2,(H,19,21). The Morgan fingerprint density at radius 1 is 1.36 bits per heavy atom. The van der Waals surface area contributed by atoms with Crippen LogP contribution < -0.4 is 11.1 Å². The zero-order valence-corrected chi connectivity index (χ0v) is 13.0. The third kappa shape index (κ3) is 2.89. The number of carbonyl (C=O) groups is 1. The number of amides is 1. The molecule has 0 aliphatic heterocycles. The maximum Gasteiger partial charge on any atom is 0.270 e. The molecule has 1 amide bonds. The number of nitrogens with zero attached hydrogens (tertiary/aromatic N) is 1. The van der Waals surface area contributed by atoms with Gasteiger partial charge in [0.2, 0.25) is 0 Å². The van der Waals surface area contributed by atoms with Gasteiger partial charge in [-0.1, -0.05) is 18.6 Å². The predicted octanol–water partition coefficient (Wildman–Crippen LogP) is 2.59. The van der Waals surface area contributed by atoms with Crippen LogP contribution in [0.2, 0.25) is 0 Å². The van der Waals surface area contributed by atoms with Crippen LogP contribution in [0.3, 0.4) is 0 Å². The van der Waals surface area contributed by atoms with Crippen LogP contribution in [0.4, 0.5) is 4.39 Å². The van der Waals surface area contributed by atoms with Gasteiger partial charge in [0.05, 0.1) is 0 Å². The van der Waals surface area contributed by atoms with Crippen molar-refractivity contribution >= 4 is 17.2 Å². The van der Waals surface area contributed by atoms with E-state index in [1.807, 2.05) is 12.1 Å². The molecule has 1 saturated carbocycles. The largest absolute Gasteiger partial charge is 0.350 e. The molecule has 0 radical (unpaired) electrons. The molecule has 116 valence electrons. The van der Waals surface area contributed by atoms with Crippen molar-refractivity contribution in [2.75, 3.05) is 6.54 Å². The highest BCUT2D eigenvalue weighted by atomic mass is 32.1. The Morgan fingerprint density at radius 2 is 2.09 bits per heavy atom. The van der Waals surface area contributed by atoms with E-state index in [9.17, 15) is 9.18 Å². The molecule has 3 N–H and O–H groups in total. The van der Waals surface area contributed by atoms with E-state index in [1.165, 1.54) is 23.5 Å². The van der Waals surface area contributed by atoms with Gasteiger partial charge < -0.3 is 11.1 Å². The normalized spacial score (nSPS) is 16.1. The van der Waals surface area contributed by atoms with Crippen LogP contribution in [-0.2, 0) is 12.0 Å². The second-order valence-electron chi connectivity index (χ2n) is 5.65. The van der Waals surface area contributed by atoms with Gasteiger partial charge in [-0.25, -0.2) is 9.37 Å². The van der Waals surface area contributed by atoms with Gasteiger partial charge in [0.25, 0.3) is 5.91 Å². The minimum absolute atomic E-state index is 0.0733. The predicted molar refractivity (Wildman–Crippen MR) is 84.3 cm³/mol. The Balaban J connectivity index is 1.68. The molecule has 1 aromatic heterocycles. The summed E-state index contributed by atoms with van der Waals surface area (Å²) in [6.07, 6.45) is 3.13. The molecule has 0 unspecified atom stereocenters. The second-order valence-corrected chi connectivity index (χ2v) is 6.60. The number of thiazole rings is 1. The van der Waals surface area contributed by atoms with Crippen LogP contribution in [-0.4, -0.2) is 17.4 Å². The molecule has 4 nitrogen and oxygen atoms in total. The number of halogens is 1. The summed E-state index contributed by atoms with van der Waals surface area (Å²) in [4.78, 5) is 16.4. The van der Waals surface area contributed by atoms with Gasteiger partial charge in [0.1, 0.15) is 16.5 Å². The lowest BCUT2D eigenvalue weighted by molar-refractivity contribution is 0.0923. The molecule has 1 aliphatic rings.